The second-order valence-corrected chi connectivity index (χ2v) is 4.66. The lowest BCUT2D eigenvalue weighted by Gasteiger charge is -2.14. The Morgan fingerprint density at radius 1 is 1.22 bits per heavy atom. The maximum Gasteiger partial charge on any atom is 0.321 e. The maximum atomic E-state index is 11.9. The summed E-state index contributed by atoms with van der Waals surface area (Å²) in [6, 6.07) is 5.72. The molecule has 0 spiro atoms. The summed E-state index contributed by atoms with van der Waals surface area (Å²) in [6.45, 7) is 0.626. The van der Waals surface area contributed by atoms with Gasteiger partial charge in [0, 0.05) is 12.2 Å². The molecular weight excluding hydrogens is 304 g/mol. The van der Waals surface area contributed by atoms with Gasteiger partial charge in [0.2, 0.25) is 5.91 Å². The number of rotatable bonds is 11. The molecule has 1 amide bonds. The van der Waals surface area contributed by atoms with Gasteiger partial charge in [-0.1, -0.05) is 0 Å². The molecule has 0 saturated heterocycles. The monoisotopic (exact) mass is 326 g/mol. The number of aliphatic hydroxyl groups is 1. The highest BCUT2D eigenvalue weighted by Crippen LogP contribution is 2.15. The lowest BCUT2D eigenvalue weighted by atomic mass is 10.2. The van der Waals surface area contributed by atoms with E-state index in [1.54, 1.807) is 31.4 Å². The predicted molar refractivity (Wildman–Crippen MR) is 83.6 cm³/mol. The molecule has 1 unspecified atom stereocenters. The van der Waals surface area contributed by atoms with Crippen LogP contribution in [-0.2, 0) is 14.3 Å². The summed E-state index contributed by atoms with van der Waals surface area (Å²) in [5.41, 5.74) is 0.561. The lowest BCUT2D eigenvalue weighted by Crippen LogP contribution is -2.41. The molecule has 1 rings (SSSR count). The van der Waals surface area contributed by atoms with Gasteiger partial charge in [0.1, 0.15) is 11.8 Å². The van der Waals surface area contributed by atoms with E-state index in [4.69, 9.17) is 19.7 Å². The van der Waals surface area contributed by atoms with Gasteiger partial charge in [0.25, 0.3) is 0 Å². The molecular formula is C15H22N2O6. The number of carbonyl (C=O) groups is 2. The van der Waals surface area contributed by atoms with Gasteiger partial charge in [-0.15, -0.1) is 0 Å². The number of amides is 1. The molecule has 1 aromatic carbocycles. The van der Waals surface area contributed by atoms with E-state index in [-0.39, 0.29) is 32.8 Å². The minimum atomic E-state index is -1.11. The minimum Gasteiger partial charge on any atom is -0.497 e. The molecule has 8 heteroatoms. The first-order chi connectivity index (χ1) is 11.1. The zero-order valence-corrected chi connectivity index (χ0v) is 12.9. The average molecular weight is 326 g/mol. The smallest absolute Gasteiger partial charge is 0.321 e. The topological polar surface area (TPSA) is 117 Å². The quantitative estimate of drug-likeness (QED) is 0.425. The molecule has 0 saturated carbocycles. The molecule has 0 aliphatic heterocycles. The zero-order chi connectivity index (χ0) is 17.1. The number of benzene rings is 1. The molecule has 1 atom stereocenters. The van der Waals surface area contributed by atoms with Crippen molar-refractivity contribution in [2.45, 2.75) is 12.5 Å². The Morgan fingerprint density at radius 2 is 1.91 bits per heavy atom. The number of aliphatic hydroxyl groups excluding tert-OH is 1. The van der Waals surface area contributed by atoms with E-state index < -0.39 is 17.9 Å². The number of methoxy groups -OCH3 is 1. The molecule has 0 radical (unpaired) electrons. The Hall–Kier alpha value is -2.16. The number of hydrogen-bond donors (Lipinski definition) is 4. The van der Waals surface area contributed by atoms with E-state index in [9.17, 15) is 9.59 Å². The fourth-order valence-corrected chi connectivity index (χ4v) is 1.79. The van der Waals surface area contributed by atoms with Crippen LogP contribution in [-0.4, -0.2) is 61.6 Å². The van der Waals surface area contributed by atoms with Gasteiger partial charge in [-0.05, 0) is 24.3 Å². The fraction of sp³-hybridized carbons (Fsp3) is 0.467. The van der Waals surface area contributed by atoms with Gasteiger partial charge in [-0.3, -0.25) is 9.59 Å². The summed E-state index contributed by atoms with van der Waals surface area (Å²) in [7, 11) is 1.54. The SMILES string of the molecule is COc1ccc(NC(=O)CC(NCCOCCO)C(=O)O)cc1. The van der Waals surface area contributed by atoms with Crippen LogP contribution in [0.2, 0.25) is 0 Å². The van der Waals surface area contributed by atoms with Crippen molar-refractivity contribution in [3.05, 3.63) is 24.3 Å². The zero-order valence-electron chi connectivity index (χ0n) is 12.9. The number of aliphatic carboxylic acids is 1. The molecule has 0 fully saturated rings. The third kappa shape index (κ3) is 7.59. The molecule has 0 aromatic heterocycles. The van der Waals surface area contributed by atoms with Crippen molar-refractivity contribution < 1.29 is 29.3 Å². The van der Waals surface area contributed by atoms with E-state index >= 15 is 0 Å². The lowest BCUT2D eigenvalue weighted by molar-refractivity contribution is -0.141. The van der Waals surface area contributed by atoms with Crippen LogP contribution >= 0.6 is 0 Å². The number of carbonyl (C=O) groups excluding carboxylic acids is 1. The standard InChI is InChI=1S/C15H22N2O6/c1-22-12-4-2-11(3-5-12)17-14(19)10-13(15(20)21)16-6-8-23-9-7-18/h2-5,13,16,18H,6-10H2,1H3,(H,17,19)(H,20,21). The highest BCUT2D eigenvalue weighted by atomic mass is 16.5. The summed E-state index contributed by atoms with van der Waals surface area (Å²) in [4.78, 5) is 23.1. The second-order valence-electron chi connectivity index (χ2n) is 4.66. The molecule has 23 heavy (non-hydrogen) atoms. The first-order valence-corrected chi connectivity index (χ1v) is 7.15. The van der Waals surface area contributed by atoms with Crippen LogP contribution in [0.25, 0.3) is 0 Å². The van der Waals surface area contributed by atoms with Crippen LogP contribution in [0.1, 0.15) is 6.42 Å². The van der Waals surface area contributed by atoms with Gasteiger partial charge in [0.05, 0.1) is 33.4 Å². The number of anilines is 1. The van der Waals surface area contributed by atoms with Crippen LogP contribution in [0.3, 0.4) is 0 Å². The minimum absolute atomic E-state index is 0.0906. The summed E-state index contributed by atoms with van der Waals surface area (Å²) in [5.74, 6) is -0.862. The molecule has 4 N–H and O–H groups in total. The number of carboxylic acid groups (broad SMARTS) is 1. The van der Waals surface area contributed by atoms with Crippen LogP contribution in [0.15, 0.2) is 24.3 Å². The second kappa shape index (κ2) is 10.5. The van der Waals surface area contributed by atoms with Crippen molar-refractivity contribution in [1.29, 1.82) is 0 Å². The molecule has 128 valence electrons. The average Bonchev–Trinajstić information content (AvgIpc) is 2.54. The van der Waals surface area contributed by atoms with Crippen LogP contribution < -0.4 is 15.4 Å². The van der Waals surface area contributed by atoms with E-state index in [1.165, 1.54) is 0 Å². The Bertz CT molecular complexity index is 491. The van der Waals surface area contributed by atoms with E-state index in [2.05, 4.69) is 10.6 Å². The third-order valence-electron chi connectivity index (χ3n) is 2.93. The largest absolute Gasteiger partial charge is 0.497 e. The highest BCUT2D eigenvalue weighted by Gasteiger charge is 2.20. The van der Waals surface area contributed by atoms with E-state index in [0.29, 0.717) is 11.4 Å². The van der Waals surface area contributed by atoms with Crippen molar-refractivity contribution in [3.8, 4) is 5.75 Å². The summed E-state index contributed by atoms with van der Waals surface area (Å²) < 4.78 is 10.0. The van der Waals surface area contributed by atoms with Crippen molar-refractivity contribution in [2.75, 3.05) is 38.8 Å². The number of carboxylic acids is 1. The van der Waals surface area contributed by atoms with Gasteiger partial charge < -0.3 is 30.3 Å². The molecule has 8 nitrogen and oxygen atoms in total. The van der Waals surface area contributed by atoms with Crippen molar-refractivity contribution >= 4 is 17.6 Å². The Balaban J connectivity index is 2.42. The summed E-state index contributed by atoms with van der Waals surface area (Å²) in [6.07, 6.45) is -0.207. The fourth-order valence-electron chi connectivity index (χ4n) is 1.79. The van der Waals surface area contributed by atoms with Crippen LogP contribution in [0.4, 0.5) is 5.69 Å². The number of ether oxygens (including phenoxy) is 2. The predicted octanol–water partition coefficient (Wildman–Crippen LogP) is 0.0755. The number of hydrogen-bond acceptors (Lipinski definition) is 6. The van der Waals surface area contributed by atoms with Crippen molar-refractivity contribution in [2.24, 2.45) is 0 Å². The first kappa shape index (κ1) is 18.9. The number of nitrogens with one attached hydrogen (secondary N) is 2. The Morgan fingerprint density at radius 3 is 2.48 bits per heavy atom. The molecule has 0 bridgehead atoms. The van der Waals surface area contributed by atoms with Crippen molar-refractivity contribution in [3.63, 3.8) is 0 Å². The Kier molecular flexibility index (Phi) is 8.66. The van der Waals surface area contributed by atoms with Gasteiger partial charge in [-0.25, -0.2) is 0 Å². The summed E-state index contributed by atoms with van der Waals surface area (Å²) in [5, 5.41) is 23.0. The molecule has 0 aliphatic rings. The van der Waals surface area contributed by atoms with E-state index in [1.807, 2.05) is 0 Å². The normalized spacial score (nSPS) is 11.7. The molecule has 1 aromatic rings. The van der Waals surface area contributed by atoms with Gasteiger partial charge >= 0.3 is 5.97 Å². The Labute approximate surface area is 134 Å². The summed E-state index contributed by atoms with van der Waals surface area (Å²) >= 11 is 0. The van der Waals surface area contributed by atoms with E-state index in [0.717, 1.165) is 0 Å². The third-order valence-corrected chi connectivity index (χ3v) is 2.93. The van der Waals surface area contributed by atoms with Crippen LogP contribution in [0.5, 0.6) is 5.75 Å². The highest BCUT2D eigenvalue weighted by molar-refractivity contribution is 5.94. The van der Waals surface area contributed by atoms with Gasteiger partial charge in [0.15, 0.2) is 0 Å². The van der Waals surface area contributed by atoms with Crippen molar-refractivity contribution in [1.82, 2.24) is 5.32 Å². The maximum absolute atomic E-state index is 11.9. The first-order valence-electron chi connectivity index (χ1n) is 7.15. The van der Waals surface area contributed by atoms with Crippen LogP contribution in [0, 0.1) is 0 Å². The molecule has 0 heterocycles. The van der Waals surface area contributed by atoms with Gasteiger partial charge in [-0.2, -0.15) is 0 Å². The molecule has 0 aliphatic carbocycles.